The van der Waals surface area contributed by atoms with Crippen LogP contribution in [0.25, 0.3) is 0 Å². The zero-order chi connectivity index (χ0) is 19.7. The van der Waals surface area contributed by atoms with Crippen molar-refractivity contribution in [2.75, 3.05) is 44.2 Å². The first-order chi connectivity index (χ1) is 12.7. The molecule has 27 heavy (non-hydrogen) atoms. The highest BCUT2D eigenvalue weighted by Crippen LogP contribution is 2.48. The van der Waals surface area contributed by atoms with Crippen molar-refractivity contribution in [3.8, 4) is 0 Å². The first-order valence-corrected chi connectivity index (χ1v) is 11.1. The number of piperazine rings is 1. The molecule has 2 aliphatic heterocycles. The maximum atomic E-state index is 12.4. The molecule has 0 N–H and O–H groups in total. The largest absolute Gasteiger partial charge is 0.369 e. The van der Waals surface area contributed by atoms with Gasteiger partial charge in [-0.15, -0.1) is 0 Å². The second-order valence-corrected chi connectivity index (χ2v) is 10.5. The summed E-state index contributed by atoms with van der Waals surface area (Å²) in [6, 6.07) is 8.81. The zero-order valence-electron chi connectivity index (χ0n) is 17.6. The number of unbranched alkanes of at least 4 members (excludes halogenated alkanes) is 1. The van der Waals surface area contributed by atoms with Crippen molar-refractivity contribution in [1.29, 1.82) is 0 Å². The quantitative estimate of drug-likeness (QED) is 0.663. The van der Waals surface area contributed by atoms with Gasteiger partial charge in [-0.2, -0.15) is 0 Å². The molecule has 2 aliphatic rings. The number of aryl methyl sites for hydroxylation is 1. The number of nitrogens with zero attached hydrogens (tertiary/aromatic N) is 3. The predicted molar refractivity (Wildman–Crippen MR) is 117 cm³/mol. The van der Waals surface area contributed by atoms with E-state index in [0.29, 0.717) is 0 Å². The van der Waals surface area contributed by atoms with E-state index in [2.05, 4.69) is 73.6 Å². The SMILES string of the molecule is Cc1cccc(N2CCN(CCCCN3C(=O)SC(C)(C)C3(C)C)CC2)c1. The molecule has 1 amide bonds. The zero-order valence-corrected chi connectivity index (χ0v) is 18.4. The highest BCUT2D eigenvalue weighted by Gasteiger charge is 2.52. The maximum Gasteiger partial charge on any atom is 0.282 e. The van der Waals surface area contributed by atoms with Crippen LogP contribution in [0.5, 0.6) is 0 Å². The van der Waals surface area contributed by atoms with Crippen LogP contribution in [0, 0.1) is 6.92 Å². The highest BCUT2D eigenvalue weighted by atomic mass is 32.2. The number of amides is 1. The van der Waals surface area contributed by atoms with Crippen LogP contribution >= 0.6 is 11.8 Å². The van der Waals surface area contributed by atoms with Gasteiger partial charge >= 0.3 is 0 Å². The van der Waals surface area contributed by atoms with E-state index in [0.717, 1.165) is 52.1 Å². The molecule has 0 unspecified atom stereocenters. The summed E-state index contributed by atoms with van der Waals surface area (Å²) in [5, 5.41) is 0.247. The first kappa shape index (κ1) is 20.5. The number of rotatable bonds is 6. The van der Waals surface area contributed by atoms with E-state index in [4.69, 9.17) is 0 Å². The van der Waals surface area contributed by atoms with Gasteiger partial charge in [0.05, 0.1) is 5.54 Å². The molecule has 0 aliphatic carbocycles. The van der Waals surface area contributed by atoms with E-state index in [1.807, 2.05) is 0 Å². The lowest BCUT2D eigenvalue weighted by molar-refractivity contribution is 0.141. The molecule has 5 heteroatoms. The van der Waals surface area contributed by atoms with Crippen LogP contribution in [0.2, 0.25) is 0 Å². The second kappa shape index (κ2) is 8.04. The summed E-state index contributed by atoms with van der Waals surface area (Å²) in [6.07, 6.45) is 2.25. The summed E-state index contributed by atoms with van der Waals surface area (Å²) in [7, 11) is 0. The van der Waals surface area contributed by atoms with Crippen LogP contribution in [0.1, 0.15) is 46.1 Å². The van der Waals surface area contributed by atoms with E-state index in [1.165, 1.54) is 23.0 Å². The summed E-state index contributed by atoms with van der Waals surface area (Å²) < 4.78 is -0.0177. The maximum absolute atomic E-state index is 12.4. The molecule has 2 heterocycles. The Labute approximate surface area is 169 Å². The van der Waals surface area contributed by atoms with Crippen LogP contribution in [0.15, 0.2) is 24.3 Å². The van der Waals surface area contributed by atoms with Gasteiger partial charge in [0.25, 0.3) is 5.24 Å². The van der Waals surface area contributed by atoms with Gasteiger partial charge in [-0.05, 0) is 71.7 Å². The van der Waals surface area contributed by atoms with Crippen LogP contribution in [-0.2, 0) is 0 Å². The Bertz CT molecular complexity index is 665. The monoisotopic (exact) mass is 389 g/mol. The van der Waals surface area contributed by atoms with Crippen molar-refractivity contribution in [2.24, 2.45) is 0 Å². The first-order valence-electron chi connectivity index (χ1n) is 10.3. The molecular weight excluding hydrogens is 354 g/mol. The number of carbonyl (C=O) groups excluding carboxylic acids is 1. The molecule has 2 fully saturated rings. The van der Waals surface area contributed by atoms with Gasteiger partial charge in [-0.25, -0.2) is 0 Å². The Balaban J connectivity index is 1.39. The molecule has 4 nitrogen and oxygen atoms in total. The molecular formula is C22H35N3OS. The standard InChI is InChI=1S/C22H35N3OS/c1-18-9-8-10-19(17-18)24-15-13-23(14-16-24)11-6-7-12-25-20(26)27-22(4,5)21(25,2)3/h8-10,17H,6-7,11-16H2,1-5H3. The lowest BCUT2D eigenvalue weighted by Crippen LogP contribution is -2.50. The Kier molecular flexibility index (Phi) is 6.11. The molecule has 0 atom stereocenters. The minimum absolute atomic E-state index is 0.0177. The van der Waals surface area contributed by atoms with Crippen molar-refractivity contribution in [3.05, 3.63) is 29.8 Å². The minimum Gasteiger partial charge on any atom is -0.369 e. The van der Waals surface area contributed by atoms with Crippen molar-refractivity contribution in [2.45, 2.75) is 57.7 Å². The topological polar surface area (TPSA) is 26.8 Å². The fourth-order valence-electron chi connectivity index (χ4n) is 3.98. The summed E-state index contributed by atoms with van der Waals surface area (Å²) in [6.45, 7) is 17.4. The van der Waals surface area contributed by atoms with Crippen molar-refractivity contribution in [3.63, 3.8) is 0 Å². The highest BCUT2D eigenvalue weighted by molar-refractivity contribution is 8.15. The van der Waals surface area contributed by atoms with Crippen LogP contribution < -0.4 is 4.90 Å². The van der Waals surface area contributed by atoms with Crippen molar-refractivity contribution >= 4 is 22.7 Å². The van der Waals surface area contributed by atoms with Gasteiger partial charge in [0.2, 0.25) is 0 Å². The van der Waals surface area contributed by atoms with Gasteiger partial charge in [0, 0.05) is 43.2 Å². The lowest BCUT2D eigenvalue weighted by atomic mass is 9.88. The number of carbonyl (C=O) groups is 1. The van der Waals surface area contributed by atoms with E-state index < -0.39 is 0 Å². The summed E-state index contributed by atoms with van der Waals surface area (Å²) in [5.74, 6) is 0. The fraction of sp³-hybridized carbons (Fsp3) is 0.682. The fourth-order valence-corrected chi connectivity index (χ4v) is 5.21. The summed E-state index contributed by atoms with van der Waals surface area (Å²) in [5.41, 5.74) is 2.61. The number of benzene rings is 1. The Morgan fingerprint density at radius 3 is 2.26 bits per heavy atom. The normalized spacial score (nSPS) is 22.5. The van der Waals surface area contributed by atoms with E-state index in [1.54, 1.807) is 0 Å². The minimum atomic E-state index is -0.0752. The molecule has 2 saturated heterocycles. The molecule has 3 rings (SSSR count). The average Bonchev–Trinajstić information content (AvgIpc) is 2.76. The lowest BCUT2D eigenvalue weighted by Gasteiger charge is -2.39. The number of hydrogen-bond donors (Lipinski definition) is 0. The molecule has 1 aromatic carbocycles. The molecule has 0 radical (unpaired) electrons. The molecule has 1 aromatic rings. The summed E-state index contributed by atoms with van der Waals surface area (Å²) >= 11 is 1.49. The van der Waals surface area contributed by atoms with Crippen LogP contribution in [0.4, 0.5) is 10.5 Å². The third-order valence-corrected chi connectivity index (χ3v) is 7.96. The van der Waals surface area contributed by atoms with Gasteiger partial charge in [-0.3, -0.25) is 9.69 Å². The van der Waals surface area contributed by atoms with Gasteiger partial charge in [0.15, 0.2) is 0 Å². The van der Waals surface area contributed by atoms with E-state index >= 15 is 0 Å². The number of thioether (sulfide) groups is 1. The molecule has 0 saturated carbocycles. The van der Waals surface area contributed by atoms with Gasteiger partial charge in [-0.1, -0.05) is 23.9 Å². The smallest absolute Gasteiger partial charge is 0.282 e. The molecule has 0 aromatic heterocycles. The Morgan fingerprint density at radius 2 is 1.67 bits per heavy atom. The van der Waals surface area contributed by atoms with E-state index in [-0.39, 0.29) is 15.5 Å². The molecule has 150 valence electrons. The Morgan fingerprint density at radius 1 is 1.00 bits per heavy atom. The predicted octanol–water partition coefficient (Wildman–Crippen LogP) is 4.62. The average molecular weight is 390 g/mol. The van der Waals surface area contributed by atoms with Gasteiger partial charge in [0.1, 0.15) is 0 Å². The number of anilines is 1. The Hall–Kier alpha value is -1.20. The summed E-state index contributed by atoms with van der Waals surface area (Å²) in [4.78, 5) is 19.5. The third kappa shape index (κ3) is 4.45. The molecule has 0 bridgehead atoms. The van der Waals surface area contributed by atoms with Crippen molar-refractivity contribution in [1.82, 2.24) is 9.80 Å². The van der Waals surface area contributed by atoms with Gasteiger partial charge < -0.3 is 9.80 Å². The van der Waals surface area contributed by atoms with Crippen LogP contribution in [-0.4, -0.2) is 64.6 Å². The second-order valence-electron chi connectivity index (χ2n) is 8.96. The molecule has 0 spiro atoms. The van der Waals surface area contributed by atoms with E-state index in [9.17, 15) is 4.79 Å². The number of hydrogen-bond acceptors (Lipinski definition) is 4. The third-order valence-electron chi connectivity index (χ3n) is 6.56. The van der Waals surface area contributed by atoms with Crippen LogP contribution in [0.3, 0.4) is 0 Å². The van der Waals surface area contributed by atoms with Crippen molar-refractivity contribution < 1.29 is 4.79 Å².